The van der Waals surface area contributed by atoms with E-state index in [1.807, 2.05) is 25.7 Å². The second-order valence-electron chi connectivity index (χ2n) is 4.75. The minimum absolute atomic E-state index is 0.0563. The van der Waals surface area contributed by atoms with E-state index in [4.69, 9.17) is 5.11 Å². The zero-order chi connectivity index (χ0) is 13.4. The Labute approximate surface area is 105 Å². The summed E-state index contributed by atoms with van der Waals surface area (Å²) in [6.07, 6.45) is 1.91. The van der Waals surface area contributed by atoms with Gasteiger partial charge in [0.05, 0.1) is 12.6 Å². The predicted octanol–water partition coefficient (Wildman–Crippen LogP) is 1.38. The standard InChI is InChI=1S/C13H28N2O2/c1-6-12(7-2)14-13(17)11(5)15(8-9-16)10(3)4/h10-12,16H,6-9H2,1-5H3,(H,14,17). The number of rotatable bonds is 8. The summed E-state index contributed by atoms with van der Waals surface area (Å²) in [6, 6.07) is 0.320. The van der Waals surface area contributed by atoms with Crippen molar-refractivity contribution in [3.63, 3.8) is 0 Å². The number of carbonyl (C=O) groups excluding carboxylic acids is 1. The number of aliphatic hydroxyl groups excluding tert-OH is 1. The van der Waals surface area contributed by atoms with Crippen LogP contribution in [-0.2, 0) is 4.79 Å². The number of amides is 1. The number of aliphatic hydroxyl groups is 1. The number of nitrogens with one attached hydrogen (secondary N) is 1. The highest BCUT2D eigenvalue weighted by atomic mass is 16.3. The summed E-state index contributed by atoms with van der Waals surface area (Å²) in [6.45, 7) is 10.7. The molecule has 1 atom stereocenters. The molecular weight excluding hydrogens is 216 g/mol. The lowest BCUT2D eigenvalue weighted by molar-refractivity contribution is -0.127. The van der Waals surface area contributed by atoms with Gasteiger partial charge in [0.2, 0.25) is 5.91 Å². The molecule has 0 aliphatic heterocycles. The molecule has 4 heteroatoms. The summed E-state index contributed by atoms with van der Waals surface area (Å²) in [7, 11) is 0. The first-order valence-corrected chi connectivity index (χ1v) is 6.64. The Balaban J connectivity index is 4.43. The van der Waals surface area contributed by atoms with Crippen molar-refractivity contribution in [3.05, 3.63) is 0 Å². The molecule has 0 rings (SSSR count). The van der Waals surface area contributed by atoms with Gasteiger partial charge < -0.3 is 10.4 Å². The van der Waals surface area contributed by atoms with Crippen LogP contribution in [0.2, 0.25) is 0 Å². The third-order valence-electron chi connectivity index (χ3n) is 3.23. The molecule has 0 fully saturated rings. The minimum atomic E-state index is -0.192. The fourth-order valence-electron chi connectivity index (χ4n) is 1.98. The Morgan fingerprint density at radius 3 is 2.12 bits per heavy atom. The van der Waals surface area contributed by atoms with Crippen molar-refractivity contribution < 1.29 is 9.90 Å². The van der Waals surface area contributed by atoms with E-state index < -0.39 is 0 Å². The van der Waals surface area contributed by atoms with Gasteiger partial charge in [0.25, 0.3) is 0 Å². The Hall–Kier alpha value is -0.610. The first-order valence-electron chi connectivity index (χ1n) is 6.64. The van der Waals surface area contributed by atoms with Crippen LogP contribution in [0, 0.1) is 0 Å². The summed E-state index contributed by atoms with van der Waals surface area (Å²) in [4.78, 5) is 14.1. The minimum Gasteiger partial charge on any atom is -0.395 e. The van der Waals surface area contributed by atoms with E-state index in [1.54, 1.807) is 0 Å². The Morgan fingerprint density at radius 2 is 1.76 bits per heavy atom. The van der Waals surface area contributed by atoms with Crippen molar-refractivity contribution in [2.45, 2.75) is 65.6 Å². The molecular formula is C13H28N2O2. The van der Waals surface area contributed by atoms with Crippen molar-refractivity contribution in [3.8, 4) is 0 Å². The fraction of sp³-hybridized carbons (Fsp3) is 0.923. The van der Waals surface area contributed by atoms with Crippen molar-refractivity contribution in [2.24, 2.45) is 0 Å². The molecule has 0 aromatic heterocycles. The molecule has 0 radical (unpaired) electrons. The van der Waals surface area contributed by atoms with E-state index >= 15 is 0 Å². The van der Waals surface area contributed by atoms with E-state index in [1.165, 1.54) is 0 Å². The molecule has 17 heavy (non-hydrogen) atoms. The van der Waals surface area contributed by atoms with Crippen LogP contribution in [0.25, 0.3) is 0 Å². The molecule has 0 aliphatic rings. The summed E-state index contributed by atoms with van der Waals surface area (Å²) in [5.41, 5.74) is 0. The molecule has 1 amide bonds. The van der Waals surface area contributed by atoms with Gasteiger partial charge in [0.1, 0.15) is 0 Å². The van der Waals surface area contributed by atoms with Gasteiger partial charge in [0.15, 0.2) is 0 Å². The average Bonchev–Trinajstić information content (AvgIpc) is 2.31. The van der Waals surface area contributed by atoms with Crippen LogP contribution >= 0.6 is 0 Å². The normalized spacial score (nSPS) is 13.5. The van der Waals surface area contributed by atoms with Crippen LogP contribution in [0.3, 0.4) is 0 Å². The largest absolute Gasteiger partial charge is 0.395 e. The van der Waals surface area contributed by atoms with Crippen LogP contribution in [-0.4, -0.2) is 47.2 Å². The number of nitrogens with zero attached hydrogens (tertiary/aromatic N) is 1. The molecule has 2 N–H and O–H groups in total. The van der Waals surface area contributed by atoms with E-state index in [0.717, 1.165) is 12.8 Å². The quantitative estimate of drug-likeness (QED) is 0.678. The Morgan fingerprint density at radius 1 is 1.24 bits per heavy atom. The lowest BCUT2D eigenvalue weighted by atomic mass is 10.1. The molecule has 0 spiro atoms. The molecule has 1 unspecified atom stereocenters. The van der Waals surface area contributed by atoms with Gasteiger partial charge in [-0.2, -0.15) is 0 Å². The third kappa shape index (κ3) is 5.50. The van der Waals surface area contributed by atoms with Gasteiger partial charge in [-0.1, -0.05) is 13.8 Å². The van der Waals surface area contributed by atoms with E-state index in [0.29, 0.717) is 6.54 Å². The van der Waals surface area contributed by atoms with Gasteiger partial charge >= 0.3 is 0 Å². The zero-order valence-corrected chi connectivity index (χ0v) is 11.9. The van der Waals surface area contributed by atoms with Crippen LogP contribution in [0.4, 0.5) is 0 Å². The maximum Gasteiger partial charge on any atom is 0.237 e. The maximum absolute atomic E-state index is 12.1. The number of hydrogen-bond donors (Lipinski definition) is 2. The summed E-state index contributed by atoms with van der Waals surface area (Å²) >= 11 is 0. The molecule has 0 aliphatic carbocycles. The summed E-state index contributed by atoms with van der Waals surface area (Å²) in [5, 5.41) is 12.1. The van der Waals surface area contributed by atoms with Crippen LogP contribution in [0.5, 0.6) is 0 Å². The van der Waals surface area contributed by atoms with E-state index in [9.17, 15) is 4.79 Å². The first-order chi connectivity index (χ1) is 7.97. The van der Waals surface area contributed by atoms with Crippen LogP contribution in [0.15, 0.2) is 0 Å². The van der Waals surface area contributed by atoms with E-state index in [2.05, 4.69) is 19.2 Å². The van der Waals surface area contributed by atoms with Crippen molar-refractivity contribution in [1.82, 2.24) is 10.2 Å². The van der Waals surface area contributed by atoms with Gasteiger partial charge in [-0.05, 0) is 33.6 Å². The molecule has 0 saturated heterocycles. The summed E-state index contributed by atoms with van der Waals surface area (Å²) in [5.74, 6) is 0.0563. The monoisotopic (exact) mass is 244 g/mol. The predicted molar refractivity (Wildman–Crippen MR) is 70.9 cm³/mol. The van der Waals surface area contributed by atoms with Crippen molar-refractivity contribution >= 4 is 5.91 Å². The lowest BCUT2D eigenvalue weighted by Crippen LogP contribution is -2.51. The van der Waals surface area contributed by atoms with Crippen LogP contribution < -0.4 is 5.32 Å². The van der Waals surface area contributed by atoms with E-state index in [-0.39, 0.29) is 30.6 Å². The Bertz CT molecular complexity index is 215. The second-order valence-corrected chi connectivity index (χ2v) is 4.75. The summed E-state index contributed by atoms with van der Waals surface area (Å²) < 4.78 is 0. The SMILES string of the molecule is CCC(CC)NC(=O)C(C)N(CCO)C(C)C. The topological polar surface area (TPSA) is 52.6 Å². The number of carbonyl (C=O) groups is 1. The molecule has 0 bridgehead atoms. The molecule has 0 heterocycles. The van der Waals surface area contributed by atoms with Crippen LogP contribution in [0.1, 0.15) is 47.5 Å². The first kappa shape index (κ1) is 16.4. The smallest absolute Gasteiger partial charge is 0.237 e. The van der Waals surface area contributed by atoms with Crippen molar-refractivity contribution in [2.75, 3.05) is 13.2 Å². The average molecular weight is 244 g/mol. The number of hydrogen-bond acceptors (Lipinski definition) is 3. The van der Waals surface area contributed by atoms with Gasteiger partial charge in [-0.15, -0.1) is 0 Å². The van der Waals surface area contributed by atoms with Gasteiger partial charge in [0, 0.05) is 18.6 Å². The lowest BCUT2D eigenvalue weighted by Gasteiger charge is -2.32. The van der Waals surface area contributed by atoms with Crippen molar-refractivity contribution in [1.29, 1.82) is 0 Å². The fourth-order valence-corrected chi connectivity index (χ4v) is 1.98. The molecule has 102 valence electrons. The van der Waals surface area contributed by atoms with Gasteiger partial charge in [-0.25, -0.2) is 0 Å². The molecule has 4 nitrogen and oxygen atoms in total. The third-order valence-corrected chi connectivity index (χ3v) is 3.23. The van der Waals surface area contributed by atoms with Gasteiger partial charge in [-0.3, -0.25) is 9.69 Å². The highest BCUT2D eigenvalue weighted by Crippen LogP contribution is 2.06. The zero-order valence-electron chi connectivity index (χ0n) is 11.9. The molecule has 0 saturated carbocycles. The Kier molecular flexibility index (Phi) is 8.17. The highest BCUT2D eigenvalue weighted by molar-refractivity contribution is 5.81. The second kappa shape index (κ2) is 8.48. The maximum atomic E-state index is 12.1. The molecule has 0 aromatic rings. The highest BCUT2D eigenvalue weighted by Gasteiger charge is 2.24. The molecule has 0 aromatic carbocycles.